The van der Waals surface area contributed by atoms with Crippen LogP contribution >= 0.6 is 0 Å². The van der Waals surface area contributed by atoms with Crippen molar-refractivity contribution in [2.24, 2.45) is 0 Å². The van der Waals surface area contributed by atoms with Gasteiger partial charge in [-0.15, -0.1) is 0 Å². The minimum absolute atomic E-state index is 0.0928. The summed E-state index contributed by atoms with van der Waals surface area (Å²) in [5, 5.41) is 8.45. The van der Waals surface area contributed by atoms with Crippen LogP contribution in [-0.4, -0.2) is 21.8 Å². The SMILES string of the molecule is Cc1ccc(Nc2nc3c(c(=O)[nH]2)[C@@H](C(=O)Nc2cc(C)cc(C)c2)CC(=O)N3)cc1. The van der Waals surface area contributed by atoms with Crippen molar-refractivity contribution in [3.05, 3.63) is 75.1 Å². The lowest BCUT2D eigenvalue weighted by Crippen LogP contribution is -2.36. The Hall–Kier alpha value is -3.94. The Balaban J connectivity index is 1.64. The molecule has 0 bridgehead atoms. The first-order valence-electron chi connectivity index (χ1n) is 9.95. The van der Waals surface area contributed by atoms with Gasteiger partial charge in [0.1, 0.15) is 5.82 Å². The number of nitrogens with one attached hydrogen (secondary N) is 4. The standard InChI is InChI=1S/C23H23N5O3/c1-12-4-6-15(7-5-12)25-23-27-20-19(22(31)28-23)17(11-18(29)26-20)21(30)24-16-9-13(2)8-14(3)10-16/h4-10,17H,11H2,1-3H3,(H,24,30)(H3,25,26,27,28,29,31)/t17-/m0/s1. The van der Waals surface area contributed by atoms with E-state index in [1.165, 1.54) is 0 Å². The van der Waals surface area contributed by atoms with Crippen molar-refractivity contribution in [2.45, 2.75) is 33.1 Å². The van der Waals surface area contributed by atoms with Gasteiger partial charge >= 0.3 is 0 Å². The number of aromatic nitrogens is 2. The van der Waals surface area contributed by atoms with Gasteiger partial charge in [0.25, 0.3) is 5.56 Å². The van der Waals surface area contributed by atoms with Crippen LogP contribution in [0.3, 0.4) is 0 Å². The summed E-state index contributed by atoms with van der Waals surface area (Å²) in [5.41, 5.74) is 4.14. The minimum Gasteiger partial charge on any atom is -0.326 e. The van der Waals surface area contributed by atoms with Gasteiger partial charge in [-0.05, 0) is 56.2 Å². The molecule has 8 nitrogen and oxygen atoms in total. The number of amides is 2. The smallest absolute Gasteiger partial charge is 0.258 e. The first-order valence-corrected chi connectivity index (χ1v) is 9.95. The number of anilines is 4. The molecule has 1 aliphatic heterocycles. The molecule has 31 heavy (non-hydrogen) atoms. The Morgan fingerprint density at radius 1 is 0.968 bits per heavy atom. The number of nitrogens with zero attached hydrogens (tertiary/aromatic N) is 1. The van der Waals surface area contributed by atoms with Crippen molar-refractivity contribution in [1.82, 2.24) is 9.97 Å². The van der Waals surface area contributed by atoms with Crippen LogP contribution < -0.4 is 21.5 Å². The highest BCUT2D eigenvalue weighted by atomic mass is 16.2. The molecule has 4 rings (SSSR count). The molecule has 1 aliphatic rings. The quantitative estimate of drug-likeness (QED) is 0.518. The second-order valence-corrected chi connectivity index (χ2v) is 7.84. The number of rotatable bonds is 4. The van der Waals surface area contributed by atoms with Crippen molar-refractivity contribution < 1.29 is 9.59 Å². The Bertz CT molecular complexity index is 1210. The first kappa shape index (κ1) is 20.3. The fourth-order valence-corrected chi connectivity index (χ4v) is 3.70. The van der Waals surface area contributed by atoms with E-state index in [4.69, 9.17) is 0 Å². The average Bonchev–Trinajstić information content (AvgIpc) is 2.68. The molecular weight excluding hydrogens is 394 g/mol. The van der Waals surface area contributed by atoms with Gasteiger partial charge in [0.05, 0.1) is 11.5 Å². The summed E-state index contributed by atoms with van der Waals surface area (Å²) >= 11 is 0. The number of hydrogen-bond donors (Lipinski definition) is 4. The summed E-state index contributed by atoms with van der Waals surface area (Å²) in [5.74, 6) is -1.45. The molecule has 1 aromatic heterocycles. The summed E-state index contributed by atoms with van der Waals surface area (Å²) in [4.78, 5) is 45.1. The van der Waals surface area contributed by atoms with Gasteiger partial charge in [-0.25, -0.2) is 0 Å². The normalized spacial score (nSPS) is 15.1. The van der Waals surface area contributed by atoms with E-state index in [2.05, 4.69) is 25.9 Å². The highest BCUT2D eigenvalue weighted by Gasteiger charge is 2.34. The molecule has 2 amide bonds. The fraction of sp³-hybridized carbons (Fsp3) is 0.217. The molecule has 2 heterocycles. The molecule has 0 saturated carbocycles. The van der Waals surface area contributed by atoms with E-state index >= 15 is 0 Å². The monoisotopic (exact) mass is 417 g/mol. The van der Waals surface area contributed by atoms with Crippen molar-refractivity contribution in [2.75, 3.05) is 16.0 Å². The van der Waals surface area contributed by atoms with Crippen LogP contribution in [0.1, 0.15) is 34.6 Å². The summed E-state index contributed by atoms with van der Waals surface area (Å²) in [6.45, 7) is 5.84. The van der Waals surface area contributed by atoms with Crippen LogP contribution in [-0.2, 0) is 9.59 Å². The lowest BCUT2D eigenvalue weighted by molar-refractivity contribution is -0.123. The van der Waals surface area contributed by atoms with E-state index in [-0.39, 0.29) is 29.7 Å². The van der Waals surface area contributed by atoms with E-state index in [0.717, 1.165) is 22.4 Å². The van der Waals surface area contributed by atoms with E-state index in [1.807, 2.05) is 63.2 Å². The Labute approximate surface area is 179 Å². The lowest BCUT2D eigenvalue weighted by atomic mass is 9.92. The molecule has 0 saturated heterocycles. The number of fused-ring (bicyclic) bond motifs is 1. The fourth-order valence-electron chi connectivity index (χ4n) is 3.70. The van der Waals surface area contributed by atoms with Gasteiger partial charge in [0.15, 0.2) is 0 Å². The molecule has 158 valence electrons. The summed E-state index contributed by atoms with van der Waals surface area (Å²) in [6, 6.07) is 13.2. The van der Waals surface area contributed by atoms with Gasteiger partial charge in [0, 0.05) is 17.8 Å². The predicted octanol–water partition coefficient (Wildman–Crippen LogP) is 3.50. The molecule has 4 N–H and O–H groups in total. The average molecular weight is 417 g/mol. The molecule has 0 fully saturated rings. The molecule has 2 aromatic carbocycles. The summed E-state index contributed by atoms with van der Waals surface area (Å²) < 4.78 is 0. The predicted molar refractivity (Wildman–Crippen MR) is 120 cm³/mol. The molecule has 1 atom stereocenters. The number of carbonyl (C=O) groups excluding carboxylic acids is 2. The van der Waals surface area contributed by atoms with Crippen molar-refractivity contribution >= 4 is 35.0 Å². The van der Waals surface area contributed by atoms with Crippen LogP contribution in [0.2, 0.25) is 0 Å². The van der Waals surface area contributed by atoms with Gasteiger partial charge in [0.2, 0.25) is 17.8 Å². The maximum absolute atomic E-state index is 13.0. The molecule has 0 aliphatic carbocycles. The molecule has 0 unspecified atom stereocenters. The Morgan fingerprint density at radius 3 is 2.32 bits per heavy atom. The summed E-state index contributed by atoms with van der Waals surface area (Å²) in [6.07, 6.45) is -0.126. The van der Waals surface area contributed by atoms with Gasteiger partial charge in [-0.2, -0.15) is 4.98 Å². The maximum atomic E-state index is 13.0. The van der Waals surface area contributed by atoms with Crippen LogP contribution in [0.5, 0.6) is 0 Å². The van der Waals surface area contributed by atoms with Gasteiger partial charge < -0.3 is 16.0 Å². The zero-order chi connectivity index (χ0) is 22.1. The lowest BCUT2D eigenvalue weighted by Gasteiger charge is -2.24. The number of carbonyl (C=O) groups is 2. The second kappa shape index (κ2) is 8.06. The molecule has 8 heteroatoms. The highest BCUT2D eigenvalue weighted by molar-refractivity contribution is 6.04. The molecule has 0 radical (unpaired) electrons. The number of hydrogen-bond acceptors (Lipinski definition) is 5. The van der Waals surface area contributed by atoms with E-state index in [0.29, 0.717) is 5.69 Å². The molecular formula is C23H23N5O3. The first-order chi connectivity index (χ1) is 14.8. The van der Waals surface area contributed by atoms with Crippen LogP contribution in [0, 0.1) is 20.8 Å². The third-order valence-electron chi connectivity index (χ3n) is 5.07. The zero-order valence-corrected chi connectivity index (χ0v) is 17.5. The van der Waals surface area contributed by atoms with Crippen LogP contribution in [0.15, 0.2) is 47.3 Å². The van der Waals surface area contributed by atoms with E-state index in [1.54, 1.807) is 0 Å². The second-order valence-electron chi connectivity index (χ2n) is 7.84. The number of aromatic amines is 1. The Kier molecular flexibility index (Phi) is 5.29. The topological polar surface area (TPSA) is 116 Å². The third kappa shape index (κ3) is 4.48. The van der Waals surface area contributed by atoms with E-state index in [9.17, 15) is 14.4 Å². The van der Waals surface area contributed by atoms with E-state index < -0.39 is 17.4 Å². The number of H-pyrrole nitrogens is 1. The highest BCUT2D eigenvalue weighted by Crippen LogP contribution is 2.30. The van der Waals surface area contributed by atoms with Gasteiger partial charge in [-0.1, -0.05) is 23.8 Å². The third-order valence-corrected chi connectivity index (χ3v) is 5.07. The largest absolute Gasteiger partial charge is 0.326 e. The molecule has 3 aromatic rings. The minimum atomic E-state index is -0.936. The van der Waals surface area contributed by atoms with Crippen LogP contribution in [0.4, 0.5) is 23.1 Å². The zero-order valence-electron chi connectivity index (χ0n) is 17.5. The van der Waals surface area contributed by atoms with Gasteiger partial charge in [-0.3, -0.25) is 19.4 Å². The van der Waals surface area contributed by atoms with Crippen molar-refractivity contribution in [1.29, 1.82) is 0 Å². The number of aryl methyl sites for hydroxylation is 3. The van der Waals surface area contributed by atoms with Crippen molar-refractivity contribution in [3.63, 3.8) is 0 Å². The summed E-state index contributed by atoms with van der Waals surface area (Å²) in [7, 11) is 0. The van der Waals surface area contributed by atoms with Crippen molar-refractivity contribution in [3.8, 4) is 0 Å². The maximum Gasteiger partial charge on any atom is 0.258 e. The molecule has 0 spiro atoms. The number of benzene rings is 2. The van der Waals surface area contributed by atoms with Crippen LogP contribution in [0.25, 0.3) is 0 Å². The Morgan fingerprint density at radius 2 is 1.65 bits per heavy atom.